The Morgan fingerprint density at radius 1 is 1.53 bits per heavy atom. The number of phenolic OH excluding ortho intramolecular Hbond substituents is 1. The van der Waals surface area contributed by atoms with Gasteiger partial charge in [-0.05, 0) is 23.8 Å². The van der Waals surface area contributed by atoms with E-state index < -0.39 is 0 Å². The van der Waals surface area contributed by atoms with Crippen molar-refractivity contribution in [3.8, 4) is 11.5 Å². The molecule has 1 aromatic rings. The summed E-state index contributed by atoms with van der Waals surface area (Å²) in [5.74, 6) is 0.558. The first-order valence-electron chi connectivity index (χ1n) is 4.75. The molecule has 0 atom stereocenters. The molecule has 0 aromatic heterocycles. The van der Waals surface area contributed by atoms with Crippen LogP contribution in [0.5, 0.6) is 11.5 Å². The average molecular weight is 206 g/mol. The lowest BCUT2D eigenvalue weighted by Gasteiger charge is -2.02. The summed E-state index contributed by atoms with van der Waals surface area (Å²) in [5, 5.41) is 9.47. The van der Waals surface area contributed by atoms with E-state index in [1.165, 1.54) is 13.2 Å². The Bertz CT molecular complexity index is 380. The molecule has 0 bridgehead atoms. The third-order valence-electron chi connectivity index (χ3n) is 2.01. The first-order valence-corrected chi connectivity index (χ1v) is 4.75. The van der Waals surface area contributed by atoms with E-state index in [4.69, 9.17) is 4.74 Å². The third-order valence-corrected chi connectivity index (χ3v) is 2.01. The zero-order chi connectivity index (χ0) is 11.3. The van der Waals surface area contributed by atoms with Crippen LogP contribution in [0.15, 0.2) is 24.3 Å². The molecule has 0 aliphatic rings. The highest BCUT2D eigenvalue weighted by molar-refractivity contribution is 5.93. The zero-order valence-electron chi connectivity index (χ0n) is 8.86. The van der Waals surface area contributed by atoms with Gasteiger partial charge in [0.25, 0.3) is 0 Å². The van der Waals surface area contributed by atoms with E-state index >= 15 is 0 Å². The molecule has 0 fully saturated rings. The molecular formula is C12H14O3. The number of allylic oxidation sites excluding steroid dienone is 1. The van der Waals surface area contributed by atoms with E-state index in [-0.39, 0.29) is 11.5 Å². The molecule has 15 heavy (non-hydrogen) atoms. The Morgan fingerprint density at radius 2 is 2.27 bits per heavy atom. The molecule has 3 heteroatoms. The summed E-state index contributed by atoms with van der Waals surface area (Å²) < 4.78 is 4.91. The van der Waals surface area contributed by atoms with Gasteiger partial charge in [-0.3, -0.25) is 4.79 Å². The second-order valence-electron chi connectivity index (χ2n) is 3.08. The van der Waals surface area contributed by atoms with Gasteiger partial charge in [-0.25, -0.2) is 0 Å². The number of methoxy groups -OCH3 is 1. The van der Waals surface area contributed by atoms with Crippen molar-refractivity contribution in [1.29, 1.82) is 0 Å². The molecule has 0 aliphatic heterocycles. The number of benzene rings is 1. The Kier molecular flexibility index (Phi) is 3.92. The van der Waals surface area contributed by atoms with E-state index in [2.05, 4.69) is 0 Å². The molecule has 0 aliphatic carbocycles. The van der Waals surface area contributed by atoms with Gasteiger partial charge >= 0.3 is 0 Å². The summed E-state index contributed by atoms with van der Waals surface area (Å²) >= 11 is 0. The first-order chi connectivity index (χ1) is 7.17. The smallest absolute Gasteiger partial charge is 0.160 e. The number of rotatable bonds is 4. The number of phenols is 1. The lowest BCUT2D eigenvalue weighted by molar-refractivity contribution is -0.114. The minimum Gasteiger partial charge on any atom is -0.504 e. The Hall–Kier alpha value is -1.77. The maximum Gasteiger partial charge on any atom is 0.160 e. The molecule has 0 spiro atoms. The van der Waals surface area contributed by atoms with E-state index in [9.17, 15) is 9.90 Å². The van der Waals surface area contributed by atoms with Gasteiger partial charge in [0.1, 0.15) is 0 Å². The number of aromatic hydroxyl groups is 1. The fraction of sp³-hybridized carbons (Fsp3) is 0.250. The lowest BCUT2D eigenvalue weighted by Crippen LogP contribution is -1.87. The Morgan fingerprint density at radius 3 is 2.80 bits per heavy atom. The van der Waals surface area contributed by atoms with Crippen LogP contribution < -0.4 is 4.74 Å². The largest absolute Gasteiger partial charge is 0.504 e. The summed E-state index contributed by atoms with van der Waals surface area (Å²) in [5.41, 5.74) is 0.773. The van der Waals surface area contributed by atoms with Crippen LogP contribution in [0.25, 0.3) is 6.08 Å². The van der Waals surface area contributed by atoms with Crippen LogP contribution in [-0.2, 0) is 4.79 Å². The molecule has 3 nitrogen and oxygen atoms in total. The number of ketones is 1. The van der Waals surface area contributed by atoms with Crippen molar-refractivity contribution in [3.05, 3.63) is 29.8 Å². The van der Waals surface area contributed by atoms with Crippen molar-refractivity contribution in [2.45, 2.75) is 13.3 Å². The van der Waals surface area contributed by atoms with Gasteiger partial charge in [0, 0.05) is 6.42 Å². The highest BCUT2D eigenvalue weighted by atomic mass is 16.5. The molecule has 1 rings (SSSR count). The van der Waals surface area contributed by atoms with E-state index in [1.54, 1.807) is 31.2 Å². The van der Waals surface area contributed by atoms with Crippen molar-refractivity contribution >= 4 is 11.9 Å². The summed E-state index contributed by atoms with van der Waals surface area (Å²) in [4.78, 5) is 11.0. The number of hydrogen-bond donors (Lipinski definition) is 1. The third kappa shape index (κ3) is 3.13. The van der Waals surface area contributed by atoms with Crippen LogP contribution in [0.4, 0.5) is 0 Å². The minimum absolute atomic E-state index is 0.0605. The Balaban J connectivity index is 2.84. The molecule has 1 N–H and O–H groups in total. The van der Waals surface area contributed by atoms with Gasteiger partial charge in [0.15, 0.2) is 17.3 Å². The van der Waals surface area contributed by atoms with Crippen LogP contribution in [-0.4, -0.2) is 18.0 Å². The van der Waals surface area contributed by atoms with Crippen LogP contribution in [0, 0.1) is 0 Å². The predicted molar refractivity (Wildman–Crippen MR) is 59.0 cm³/mol. The van der Waals surface area contributed by atoms with Crippen LogP contribution in [0.3, 0.4) is 0 Å². The molecule has 0 heterocycles. The zero-order valence-corrected chi connectivity index (χ0v) is 8.86. The topological polar surface area (TPSA) is 46.5 Å². The predicted octanol–water partition coefficient (Wildman–Crippen LogP) is 2.39. The SMILES string of the molecule is CCC(=O)/C=C/c1ccc(OC)c(O)c1. The minimum atomic E-state index is 0.0605. The highest BCUT2D eigenvalue weighted by Crippen LogP contribution is 2.26. The average Bonchev–Trinajstić information content (AvgIpc) is 2.26. The van der Waals surface area contributed by atoms with Gasteiger partial charge in [0.05, 0.1) is 7.11 Å². The van der Waals surface area contributed by atoms with Crippen LogP contribution >= 0.6 is 0 Å². The highest BCUT2D eigenvalue weighted by Gasteiger charge is 2.00. The second kappa shape index (κ2) is 5.20. The molecule has 0 amide bonds. The van der Waals surface area contributed by atoms with Crippen molar-refractivity contribution in [2.75, 3.05) is 7.11 Å². The van der Waals surface area contributed by atoms with Gasteiger partial charge < -0.3 is 9.84 Å². The summed E-state index contributed by atoms with van der Waals surface area (Å²) in [6, 6.07) is 4.99. The second-order valence-corrected chi connectivity index (χ2v) is 3.08. The fourth-order valence-corrected chi connectivity index (χ4v) is 1.12. The van der Waals surface area contributed by atoms with Gasteiger partial charge in [-0.1, -0.05) is 19.1 Å². The molecule has 80 valence electrons. The van der Waals surface area contributed by atoms with Gasteiger partial charge in [-0.2, -0.15) is 0 Å². The number of carbonyl (C=O) groups is 1. The Labute approximate surface area is 89.0 Å². The maximum atomic E-state index is 11.0. The summed E-state index contributed by atoms with van der Waals surface area (Å²) in [6.07, 6.45) is 3.66. The van der Waals surface area contributed by atoms with Crippen molar-refractivity contribution in [1.82, 2.24) is 0 Å². The van der Waals surface area contributed by atoms with Gasteiger partial charge in [0.2, 0.25) is 0 Å². The molecule has 0 saturated heterocycles. The van der Waals surface area contributed by atoms with Crippen LogP contribution in [0.1, 0.15) is 18.9 Å². The monoisotopic (exact) mass is 206 g/mol. The number of hydrogen-bond acceptors (Lipinski definition) is 3. The number of carbonyl (C=O) groups excluding carboxylic acids is 1. The van der Waals surface area contributed by atoms with E-state index in [1.807, 2.05) is 0 Å². The number of ether oxygens (including phenoxy) is 1. The molecule has 0 saturated carbocycles. The maximum absolute atomic E-state index is 11.0. The molecule has 0 radical (unpaired) electrons. The van der Waals surface area contributed by atoms with Crippen molar-refractivity contribution in [2.24, 2.45) is 0 Å². The lowest BCUT2D eigenvalue weighted by atomic mass is 10.1. The standard InChI is InChI=1S/C12H14O3/c1-3-10(13)6-4-9-5-7-12(15-2)11(14)8-9/h4-8,14H,3H2,1-2H3/b6-4+. The van der Waals surface area contributed by atoms with Crippen molar-refractivity contribution < 1.29 is 14.6 Å². The van der Waals surface area contributed by atoms with E-state index in [0.717, 1.165) is 5.56 Å². The summed E-state index contributed by atoms with van der Waals surface area (Å²) in [7, 11) is 1.49. The molecule has 0 unspecified atom stereocenters. The molecular weight excluding hydrogens is 192 g/mol. The van der Waals surface area contributed by atoms with E-state index in [0.29, 0.717) is 12.2 Å². The quantitative estimate of drug-likeness (QED) is 0.769. The normalized spacial score (nSPS) is 10.5. The first kappa shape index (κ1) is 11.3. The van der Waals surface area contributed by atoms with Gasteiger partial charge in [-0.15, -0.1) is 0 Å². The summed E-state index contributed by atoms with van der Waals surface area (Å²) in [6.45, 7) is 1.80. The molecule has 1 aromatic carbocycles. The fourth-order valence-electron chi connectivity index (χ4n) is 1.12. The van der Waals surface area contributed by atoms with Crippen molar-refractivity contribution in [3.63, 3.8) is 0 Å². The van der Waals surface area contributed by atoms with Crippen LogP contribution in [0.2, 0.25) is 0 Å².